The van der Waals surface area contributed by atoms with Crippen molar-refractivity contribution in [1.29, 1.82) is 0 Å². The van der Waals surface area contributed by atoms with Gasteiger partial charge in [0.15, 0.2) is 0 Å². The smallest absolute Gasteiger partial charge is 0.546 e. The van der Waals surface area contributed by atoms with E-state index < -0.39 is 12.6 Å². The Balaban J connectivity index is 0.00000300. The molecule has 1 aromatic rings. The quantitative estimate of drug-likeness (QED) is 0.414. The van der Waals surface area contributed by atoms with Crippen LogP contribution in [0.25, 0.3) is 0 Å². The van der Waals surface area contributed by atoms with E-state index in [-0.39, 0.29) is 41.6 Å². The van der Waals surface area contributed by atoms with Gasteiger partial charge in [-0.3, -0.25) is 4.79 Å². The molecule has 2 aliphatic rings. The second-order valence-corrected chi connectivity index (χ2v) is 8.39. The topological polar surface area (TPSA) is 86.7 Å². The molecule has 29 heavy (non-hydrogen) atoms. The summed E-state index contributed by atoms with van der Waals surface area (Å²) in [6.07, 6.45) is 7.21. The first-order valence-corrected chi connectivity index (χ1v) is 10.6. The molecule has 1 N–H and O–H groups in total. The number of aliphatic hydroxyl groups excluding tert-OH is 1. The molecule has 0 aliphatic heterocycles. The molecule has 3 rings (SSSR count). The summed E-state index contributed by atoms with van der Waals surface area (Å²) in [5.41, 5.74) is 2.24. The minimum Gasteiger partial charge on any atom is -0.546 e. The number of aliphatic hydroxyl groups is 1. The molecule has 1 fully saturated rings. The van der Waals surface area contributed by atoms with Gasteiger partial charge >= 0.3 is 29.6 Å². The summed E-state index contributed by atoms with van der Waals surface area (Å²) >= 11 is 0. The molecule has 0 radical (unpaired) electrons. The SMILES string of the molecule is CCCCCC(=O)CC[C@@H]1[C@H]2Cc3cccc(OCC(=O)[O-])c3C[C@H]2C[C@H]1O.[Na+]. The molecule has 1 saturated carbocycles. The average molecular weight is 410 g/mol. The fourth-order valence-corrected chi connectivity index (χ4v) is 5.10. The van der Waals surface area contributed by atoms with Crippen molar-refractivity contribution in [2.75, 3.05) is 6.61 Å². The third-order valence-corrected chi connectivity index (χ3v) is 6.51. The van der Waals surface area contributed by atoms with E-state index in [1.807, 2.05) is 6.07 Å². The number of carboxylic acids is 1. The predicted molar refractivity (Wildman–Crippen MR) is 104 cm³/mol. The van der Waals surface area contributed by atoms with Gasteiger partial charge in [-0.25, -0.2) is 0 Å². The number of unbranched alkanes of at least 4 members (excludes halogenated alkanes) is 2. The number of carbonyl (C=O) groups excluding carboxylic acids is 2. The minimum atomic E-state index is -1.23. The number of rotatable bonds is 10. The molecule has 0 saturated heterocycles. The van der Waals surface area contributed by atoms with Gasteiger partial charge in [0.25, 0.3) is 0 Å². The van der Waals surface area contributed by atoms with E-state index in [4.69, 9.17) is 4.74 Å². The van der Waals surface area contributed by atoms with Crippen molar-refractivity contribution < 1.29 is 54.1 Å². The van der Waals surface area contributed by atoms with Crippen LogP contribution in [-0.2, 0) is 22.4 Å². The maximum Gasteiger partial charge on any atom is 1.00 e. The third-order valence-electron chi connectivity index (χ3n) is 6.51. The molecular weight excluding hydrogens is 379 g/mol. The fraction of sp³-hybridized carbons (Fsp3) is 0.652. The molecular formula is C23H31NaO5. The van der Waals surface area contributed by atoms with Gasteiger partial charge in [0.1, 0.15) is 18.1 Å². The second kappa shape index (κ2) is 11.5. The minimum absolute atomic E-state index is 0. The number of ketones is 1. The molecule has 1 aromatic carbocycles. The van der Waals surface area contributed by atoms with E-state index in [0.29, 0.717) is 36.2 Å². The van der Waals surface area contributed by atoms with Crippen molar-refractivity contribution in [2.24, 2.45) is 17.8 Å². The van der Waals surface area contributed by atoms with Gasteiger partial charge in [0.05, 0.1) is 12.1 Å². The Kier molecular flexibility index (Phi) is 9.67. The van der Waals surface area contributed by atoms with E-state index >= 15 is 0 Å². The van der Waals surface area contributed by atoms with E-state index in [1.54, 1.807) is 6.07 Å². The molecule has 0 bridgehead atoms. The molecule has 5 nitrogen and oxygen atoms in total. The van der Waals surface area contributed by atoms with E-state index in [9.17, 15) is 19.8 Å². The van der Waals surface area contributed by atoms with Crippen molar-refractivity contribution in [3.05, 3.63) is 29.3 Å². The Labute approximate surface area is 195 Å². The summed E-state index contributed by atoms with van der Waals surface area (Å²) < 4.78 is 5.42. The molecule has 6 heteroatoms. The van der Waals surface area contributed by atoms with E-state index in [1.165, 1.54) is 5.56 Å². The summed E-state index contributed by atoms with van der Waals surface area (Å²) in [5, 5.41) is 21.4. The normalized spacial score (nSPS) is 24.9. The van der Waals surface area contributed by atoms with E-state index in [0.717, 1.165) is 50.5 Å². The molecule has 0 heterocycles. The number of fused-ring (bicyclic) bond motifs is 2. The van der Waals surface area contributed by atoms with Gasteiger partial charge in [-0.1, -0.05) is 31.9 Å². The Morgan fingerprint density at radius 2 is 2.00 bits per heavy atom. The summed E-state index contributed by atoms with van der Waals surface area (Å²) in [7, 11) is 0. The number of carboxylic acid groups (broad SMARTS) is 1. The van der Waals surface area contributed by atoms with Crippen LogP contribution in [0, 0.1) is 17.8 Å². The van der Waals surface area contributed by atoms with Crippen LogP contribution in [-0.4, -0.2) is 29.6 Å². The Bertz CT molecular complexity index is 705. The number of Topliss-reactive ketones (excluding diaryl/α,β-unsaturated/α-hetero) is 1. The second-order valence-electron chi connectivity index (χ2n) is 8.39. The van der Waals surface area contributed by atoms with Crippen molar-refractivity contribution >= 4 is 11.8 Å². The fourth-order valence-electron chi connectivity index (χ4n) is 5.10. The summed E-state index contributed by atoms with van der Waals surface area (Å²) in [4.78, 5) is 22.9. The number of ether oxygens (including phenoxy) is 1. The molecule has 0 amide bonds. The first kappa shape index (κ1) is 24.4. The number of hydrogen-bond acceptors (Lipinski definition) is 5. The molecule has 4 atom stereocenters. The molecule has 2 aliphatic carbocycles. The van der Waals surface area contributed by atoms with Gasteiger partial charge in [-0.15, -0.1) is 0 Å². The number of benzene rings is 1. The van der Waals surface area contributed by atoms with Crippen LogP contribution in [0.15, 0.2) is 18.2 Å². The van der Waals surface area contributed by atoms with Gasteiger partial charge in [-0.05, 0) is 67.1 Å². The summed E-state index contributed by atoms with van der Waals surface area (Å²) in [6.45, 7) is 1.69. The van der Waals surface area contributed by atoms with Crippen LogP contribution >= 0.6 is 0 Å². The predicted octanol–water partition coefficient (Wildman–Crippen LogP) is -0.539. The van der Waals surface area contributed by atoms with Crippen LogP contribution in [0.2, 0.25) is 0 Å². The van der Waals surface area contributed by atoms with Gasteiger partial charge < -0.3 is 19.7 Å². The average Bonchev–Trinajstić information content (AvgIpc) is 2.97. The Hall–Kier alpha value is -0.880. The van der Waals surface area contributed by atoms with Crippen LogP contribution in [0.3, 0.4) is 0 Å². The standard InChI is InChI=1S/C23H32O5.Na/c1-2-3-4-7-17(24)9-10-18-19-11-15-6-5-8-22(28-14-23(26)27)20(15)12-16(19)13-21(18)25;/h5-6,8,16,18-19,21,25H,2-4,7,9-14H2,1H3,(H,26,27);/q;+1/p-1/t16-,18+,19-,21+;/m0./s1. The maximum absolute atomic E-state index is 12.2. The summed E-state index contributed by atoms with van der Waals surface area (Å²) in [5.74, 6) is 0.604. The van der Waals surface area contributed by atoms with E-state index in [2.05, 4.69) is 13.0 Å². The molecule has 0 unspecified atom stereocenters. The van der Waals surface area contributed by atoms with Gasteiger partial charge in [0, 0.05) is 12.8 Å². The molecule has 0 aromatic heterocycles. The number of hydrogen-bond donors (Lipinski definition) is 1. The zero-order valence-corrected chi connectivity index (χ0v) is 19.7. The van der Waals surface area contributed by atoms with Crippen molar-refractivity contribution in [1.82, 2.24) is 0 Å². The number of aliphatic carboxylic acids is 1. The van der Waals surface area contributed by atoms with Crippen molar-refractivity contribution in [3.8, 4) is 5.75 Å². The molecule has 0 spiro atoms. The van der Waals surface area contributed by atoms with Crippen LogP contribution < -0.4 is 39.4 Å². The monoisotopic (exact) mass is 410 g/mol. The van der Waals surface area contributed by atoms with Crippen molar-refractivity contribution in [3.63, 3.8) is 0 Å². The van der Waals surface area contributed by atoms with Crippen LogP contribution in [0.4, 0.5) is 0 Å². The maximum atomic E-state index is 12.2. The first-order chi connectivity index (χ1) is 13.5. The molecule has 154 valence electrons. The van der Waals surface area contributed by atoms with Crippen LogP contribution in [0.5, 0.6) is 5.75 Å². The largest absolute Gasteiger partial charge is 1.00 e. The van der Waals surface area contributed by atoms with Crippen LogP contribution in [0.1, 0.15) is 63.0 Å². The van der Waals surface area contributed by atoms with Gasteiger partial charge in [0.2, 0.25) is 0 Å². The third kappa shape index (κ3) is 6.30. The first-order valence-electron chi connectivity index (χ1n) is 10.6. The van der Waals surface area contributed by atoms with Crippen molar-refractivity contribution in [2.45, 2.75) is 70.8 Å². The van der Waals surface area contributed by atoms with Gasteiger partial charge in [-0.2, -0.15) is 0 Å². The zero-order chi connectivity index (χ0) is 20.1. The number of carbonyl (C=O) groups is 2. The Morgan fingerprint density at radius 3 is 2.72 bits per heavy atom. The zero-order valence-electron chi connectivity index (χ0n) is 17.7. The Morgan fingerprint density at radius 1 is 1.21 bits per heavy atom. The summed E-state index contributed by atoms with van der Waals surface area (Å²) in [6, 6.07) is 5.76.